The second kappa shape index (κ2) is 8.92. The zero-order valence-corrected chi connectivity index (χ0v) is 15.1. The molecule has 1 N–H and O–H groups in total. The minimum absolute atomic E-state index is 0.138. The minimum atomic E-state index is -0.323. The maximum absolute atomic E-state index is 12.3. The fourth-order valence-corrected chi connectivity index (χ4v) is 2.50. The highest BCUT2D eigenvalue weighted by molar-refractivity contribution is 6.36. The van der Waals surface area contributed by atoms with Gasteiger partial charge in [0.05, 0.1) is 16.8 Å². The maximum Gasteiger partial charge on any atom is 0.241 e. The van der Waals surface area contributed by atoms with Crippen LogP contribution < -0.4 is 10.1 Å². The Kier molecular flexibility index (Phi) is 6.91. The topological polar surface area (TPSA) is 41.6 Å². The second-order valence-electron chi connectivity index (χ2n) is 5.43. The van der Waals surface area contributed by atoms with Gasteiger partial charge in [0.25, 0.3) is 0 Å². The standard InChI is InChI=1S/C18H20Cl2N2O2/c1-13(18(23)21-17-9-8-14(19)12-16(17)20)22(2)10-11-24-15-6-4-3-5-7-15/h3-9,12-13H,10-11H2,1-2H3,(H,21,23). The number of hydrogen-bond acceptors (Lipinski definition) is 3. The van der Waals surface area contributed by atoms with Crippen LogP contribution in [0.5, 0.6) is 5.75 Å². The van der Waals surface area contributed by atoms with E-state index in [1.807, 2.05) is 49.2 Å². The van der Waals surface area contributed by atoms with E-state index in [0.717, 1.165) is 5.75 Å². The molecule has 1 atom stereocenters. The molecule has 2 aromatic rings. The van der Waals surface area contributed by atoms with Gasteiger partial charge in [0.2, 0.25) is 5.91 Å². The smallest absolute Gasteiger partial charge is 0.241 e. The molecule has 0 radical (unpaired) electrons. The predicted octanol–water partition coefficient (Wildman–Crippen LogP) is 4.33. The molecule has 0 spiro atoms. The Morgan fingerprint density at radius 3 is 2.58 bits per heavy atom. The summed E-state index contributed by atoms with van der Waals surface area (Å²) < 4.78 is 5.65. The Morgan fingerprint density at radius 1 is 1.21 bits per heavy atom. The number of anilines is 1. The molecule has 24 heavy (non-hydrogen) atoms. The quantitative estimate of drug-likeness (QED) is 0.792. The summed E-state index contributed by atoms with van der Waals surface area (Å²) in [5, 5.41) is 3.76. The number of hydrogen-bond donors (Lipinski definition) is 1. The molecule has 0 aromatic heterocycles. The number of benzene rings is 2. The highest BCUT2D eigenvalue weighted by Crippen LogP contribution is 2.25. The Morgan fingerprint density at radius 2 is 1.92 bits per heavy atom. The second-order valence-corrected chi connectivity index (χ2v) is 6.28. The number of carbonyl (C=O) groups is 1. The molecule has 6 heteroatoms. The molecule has 0 saturated carbocycles. The van der Waals surface area contributed by atoms with Gasteiger partial charge < -0.3 is 10.1 Å². The van der Waals surface area contributed by atoms with Crippen LogP contribution in [-0.2, 0) is 4.79 Å². The van der Waals surface area contributed by atoms with Crippen LogP contribution >= 0.6 is 23.2 Å². The van der Waals surface area contributed by atoms with E-state index in [1.54, 1.807) is 18.2 Å². The average molecular weight is 367 g/mol. The molecule has 1 unspecified atom stereocenters. The van der Waals surface area contributed by atoms with Crippen LogP contribution in [0.3, 0.4) is 0 Å². The van der Waals surface area contributed by atoms with Crippen molar-refractivity contribution in [3.05, 3.63) is 58.6 Å². The van der Waals surface area contributed by atoms with E-state index in [4.69, 9.17) is 27.9 Å². The zero-order valence-electron chi connectivity index (χ0n) is 13.6. The van der Waals surface area contributed by atoms with Crippen molar-refractivity contribution in [1.29, 1.82) is 0 Å². The summed E-state index contributed by atoms with van der Waals surface area (Å²) in [6.07, 6.45) is 0. The van der Waals surface area contributed by atoms with Gasteiger partial charge in [0.15, 0.2) is 0 Å². The van der Waals surface area contributed by atoms with E-state index >= 15 is 0 Å². The fourth-order valence-electron chi connectivity index (χ4n) is 2.05. The van der Waals surface area contributed by atoms with Crippen LogP contribution in [0.1, 0.15) is 6.92 Å². The van der Waals surface area contributed by atoms with Gasteiger partial charge in [-0.1, -0.05) is 41.4 Å². The first kappa shape index (κ1) is 18.6. The zero-order chi connectivity index (χ0) is 17.5. The Balaban J connectivity index is 1.83. The van der Waals surface area contributed by atoms with Crippen molar-refractivity contribution in [2.75, 3.05) is 25.5 Å². The maximum atomic E-state index is 12.3. The highest BCUT2D eigenvalue weighted by atomic mass is 35.5. The van der Waals surface area contributed by atoms with E-state index in [9.17, 15) is 4.79 Å². The molecule has 1 amide bonds. The van der Waals surface area contributed by atoms with E-state index in [2.05, 4.69) is 5.32 Å². The van der Waals surface area contributed by atoms with Gasteiger partial charge >= 0.3 is 0 Å². The molecule has 0 fully saturated rings. The summed E-state index contributed by atoms with van der Waals surface area (Å²) in [6, 6.07) is 14.2. The van der Waals surface area contributed by atoms with Gasteiger partial charge in [-0.2, -0.15) is 0 Å². The third-order valence-electron chi connectivity index (χ3n) is 3.69. The number of halogens is 2. The molecular formula is C18H20Cl2N2O2. The molecule has 0 heterocycles. The Labute approximate surface area is 152 Å². The summed E-state index contributed by atoms with van der Waals surface area (Å²) in [7, 11) is 1.88. The van der Waals surface area contributed by atoms with Crippen molar-refractivity contribution in [1.82, 2.24) is 4.90 Å². The number of rotatable bonds is 7. The lowest BCUT2D eigenvalue weighted by molar-refractivity contribution is -0.120. The first-order valence-corrected chi connectivity index (χ1v) is 8.37. The van der Waals surface area contributed by atoms with Crippen LogP contribution in [-0.4, -0.2) is 37.0 Å². The number of nitrogens with zero attached hydrogens (tertiary/aromatic N) is 1. The van der Waals surface area contributed by atoms with Crippen molar-refractivity contribution in [3.8, 4) is 5.75 Å². The molecule has 0 bridgehead atoms. The number of ether oxygens (including phenoxy) is 1. The first-order valence-electron chi connectivity index (χ1n) is 7.61. The summed E-state index contributed by atoms with van der Waals surface area (Å²) in [5.41, 5.74) is 0.548. The molecule has 4 nitrogen and oxygen atoms in total. The lowest BCUT2D eigenvalue weighted by Gasteiger charge is -2.24. The van der Waals surface area contributed by atoms with Crippen molar-refractivity contribution in [2.45, 2.75) is 13.0 Å². The summed E-state index contributed by atoms with van der Waals surface area (Å²) in [6.45, 7) is 2.96. The molecule has 2 rings (SSSR count). The van der Waals surface area contributed by atoms with Gasteiger partial charge in [-0.3, -0.25) is 9.69 Å². The number of nitrogens with one attached hydrogen (secondary N) is 1. The largest absolute Gasteiger partial charge is 0.492 e. The van der Waals surface area contributed by atoms with Crippen LogP contribution in [0.15, 0.2) is 48.5 Å². The van der Waals surface area contributed by atoms with Gasteiger partial charge in [-0.15, -0.1) is 0 Å². The lowest BCUT2D eigenvalue weighted by Crippen LogP contribution is -2.41. The fraction of sp³-hybridized carbons (Fsp3) is 0.278. The number of para-hydroxylation sites is 1. The van der Waals surface area contributed by atoms with Crippen LogP contribution in [0.25, 0.3) is 0 Å². The molecular weight excluding hydrogens is 347 g/mol. The summed E-state index contributed by atoms with van der Waals surface area (Å²) in [4.78, 5) is 14.3. The van der Waals surface area contributed by atoms with Crippen molar-refractivity contribution >= 4 is 34.8 Å². The van der Waals surface area contributed by atoms with Crippen molar-refractivity contribution in [2.24, 2.45) is 0 Å². The van der Waals surface area contributed by atoms with Gasteiger partial charge in [-0.05, 0) is 44.3 Å². The minimum Gasteiger partial charge on any atom is -0.492 e. The molecule has 0 aliphatic carbocycles. The molecule has 2 aromatic carbocycles. The van der Waals surface area contributed by atoms with Crippen LogP contribution in [0.2, 0.25) is 10.0 Å². The molecule has 0 aliphatic heterocycles. The number of carbonyl (C=O) groups excluding carboxylic acids is 1. The summed E-state index contributed by atoms with van der Waals surface area (Å²) in [5.74, 6) is 0.678. The predicted molar refractivity (Wildman–Crippen MR) is 99.1 cm³/mol. The third kappa shape index (κ3) is 5.41. The molecule has 0 saturated heterocycles. The van der Waals surface area contributed by atoms with E-state index in [1.165, 1.54) is 0 Å². The van der Waals surface area contributed by atoms with Crippen LogP contribution in [0, 0.1) is 0 Å². The van der Waals surface area contributed by atoms with E-state index in [0.29, 0.717) is 28.9 Å². The van der Waals surface area contributed by atoms with Crippen molar-refractivity contribution in [3.63, 3.8) is 0 Å². The highest BCUT2D eigenvalue weighted by Gasteiger charge is 2.18. The van der Waals surface area contributed by atoms with Gasteiger partial charge in [0.1, 0.15) is 12.4 Å². The van der Waals surface area contributed by atoms with Crippen molar-refractivity contribution < 1.29 is 9.53 Å². The van der Waals surface area contributed by atoms with Crippen LogP contribution in [0.4, 0.5) is 5.69 Å². The van der Waals surface area contributed by atoms with E-state index < -0.39 is 0 Å². The Bertz CT molecular complexity index is 680. The van der Waals surface area contributed by atoms with Gasteiger partial charge in [0, 0.05) is 11.6 Å². The number of amides is 1. The SMILES string of the molecule is CC(C(=O)Nc1ccc(Cl)cc1Cl)N(C)CCOc1ccccc1. The molecule has 128 valence electrons. The lowest BCUT2D eigenvalue weighted by atomic mass is 10.2. The molecule has 0 aliphatic rings. The number of likely N-dealkylation sites (N-methyl/N-ethyl adjacent to an activating group) is 1. The van der Waals surface area contributed by atoms with E-state index in [-0.39, 0.29) is 11.9 Å². The normalized spacial score (nSPS) is 12.0. The third-order valence-corrected chi connectivity index (χ3v) is 4.23. The Hall–Kier alpha value is -1.75. The summed E-state index contributed by atoms with van der Waals surface area (Å²) >= 11 is 11.9. The van der Waals surface area contributed by atoms with Gasteiger partial charge in [-0.25, -0.2) is 0 Å². The first-order chi connectivity index (χ1) is 11.5. The monoisotopic (exact) mass is 366 g/mol. The average Bonchev–Trinajstić information content (AvgIpc) is 2.57.